The van der Waals surface area contributed by atoms with E-state index >= 15 is 0 Å². The summed E-state index contributed by atoms with van der Waals surface area (Å²) < 4.78 is 0. The number of carbonyl (C=O) groups excluding carboxylic acids is 1. The number of aliphatic hydroxyl groups is 2. The molecule has 0 saturated carbocycles. The molecule has 1 aromatic heterocycles. The van der Waals surface area contributed by atoms with Crippen molar-refractivity contribution < 1.29 is 24.9 Å². The third kappa shape index (κ3) is 6.28. The number of allylic oxidation sites excluding steroid dienone is 2. The summed E-state index contributed by atoms with van der Waals surface area (Å²) in [5, 5.41) is 28.3. The lowest BCUT2D eigenvalue weighted by molar-refractivity contribution is -0.117. The first-order chi connectivity index (χ1) is 15.0. The quantitative estimate of drug-likeness (QED) is 0.381. The zero-order chi connectivity index (χ0) is 22.2. The number of aliphatic hydroxyl groups excluding tert-OH is 2. The largest absolute Gasteiger partial charge is 0.504 e. The van der Waals surface area contributed by atoms with Gasteiger partial charge in [0.1, 0.15) is 4.88 Å². The first-order valence-electron chi connectivity index (χ1n) is 11.0. The maximum Gasteiger partial charge on any atom is 0.345 e. The van der Waals surface area contributed by atoms with Crippen molar-refractivity contribution >= 4 is 28.7 Å². The molecule has 5 nitrogen and oxygen atoms in total. The Morgan fingerprint density at radius 1 is 0.968 bits per heavy atom. The fourth-order valence-electron chi connectivity index (χ4n) is 4.18. The van der Waals surface area contributed by atoms with Gasteiger partial charge < -0.3 is 15.3 Å². The van der Waals surface area contributed by atoms with Gasteiger partial charge in [-0.3, -0.25) is 4.79 Å². The lowest BCUT2D eigenvalue weighted by Gasteiger charge is -2.14. The summed E-state index contributed by atoms with van der Waals surface area (Å²) in [7, 11) is 0. The summed E-state index contributed by atoms with van der Waals surface area (Å²) in [4.78, 5) is 24.6. The van der Waals surface area contributed by atoms with Gasteiger partial charge in [0, 0.05) is 23.5 Å². The number of carbonyl (C=O) groups is 2. The van der Waals surface area contributed by atoms with Crippen molar-refractivity contribution in [1.82, 2.24) is 0 Å². The van der Waals surface area contributed by atoms with Crippen LogP contribution in [-0.4, -0.2) is 33.7 Å². The minimum Gasteiger partial charge on any atom is -0.504 e. The summed E-state index contributed by atoms with van der Waals surface area (Å²) in [6, 6.07) is 11.6. The van der Waals surface area contributed by atoms with Crippen LogP contribution in [0, 0.1) is 5.92 Å². The van der Waals surface area contributed by atoms with E-state index in [9.17, 15) is 14.7 Å². The van der Waals surface area contributed by atoms with Crippen LogP contribution < -0.4 is 0 Å². The van der Waals surface area contributed by atoms with E-state index in [-0.39, 0.29) is 24.1 Å². The Balaban J connectivity index is 1.57. The molecule has 1 atom stereocenters. The molecule has 0 spiro atoms. The van der Waals surface area contributed by atoms with Gasteiger partial charge >= 0.3 is 5.97 Å². The molecule has 3 rings (SSSR count). The topological polar surface area (TPSA) is 94.8 Å². The van der Waals surface area contributed by atoms with Gasteiger partial charge in [-0.2, -0.15) is 0 Å². The highest BCUT2D eigenvalue weighted by Gasteiger charge is 2.32. The van der Waals surface area contributed by atoms with Gasteiger partial charge in [-0.05, 0) is 67.7 Å². The molecular weight excluding hydrogens is 412 g/mol. The van der Waals surface area contributed by atoms with Crippen molar-refractivity contribution in [3.05, 3.63) is 63.0 Å². The van der Waals surface area contributed by atoms with Crippen molar-refractivity contribution in [1.29, 1.82) is 0 Å². The molecule has 0 aliphatic heterocycles. The minimum atomic E-state index is -0.901. The number of aryl methyl sites for hydroxylation is 2. The highest BCUT2D eigenvalue weighted by Crippen LogP contribution is 2.39. The van der Waals surface area contributed by atoms with Gasteiger partial charge in [0.15, 0.2) is 11.5 Å². The third-order valence-corrected chi connectivity index (χ3v) is 6.98. The zero-order valence-electron chi connectivity index (χ0n) is 17.7. The molecule has 6 heteroatoms. The summed E-state index contributed by atoms with van der Waals surface area (Å²) in [5.41, 5.74) is 2.89. The van der Waals surface area contributed by atoms with Gasteiger partial charge in [-0.15, -0.1) is 11.3 Å². The van der Waals surface area contributed by atoms with Crippen molar-refractivity contribution in [2.45, 2.75) is 57.8 Å². The van der Waals surface area contributed by atoms with Crippen molar-refractivity contribution in [2.75, 3.05) is 6.61 Å². The van der Waals surface area contributed by atoms with Crippen LogP contribution in [0.1, 0.15) is 70.6 Å². The van der Waals surface area contributed by atoms with E-state index in [2.05, 4.69) is 12.1 Å². The van der Waals surface area contributed by atoms with Crippen molar-refractivity contribution in [3.63, 3.8) is 0 Å². The highest BCUT2D eigenvalue weighted by atomic mass is 32.1. The number of thiophene rings is 1. The van der Waals surface area contributed by atoms with Gasteiger partial charge in [-0.25, -0.2) is 4.79 Å². The molecule has 2 aromatic rings. The standard InChI is InChI=1S/C25H30O5S/c26-15-4-2-1-3-6-17-9-11-18(12-10-17)23-19(16-21(27)24(23)28)7-5-8-20-13-14-22(31-20)25(29)30/h9-14,19,26,28H,1-8,15-16H2,(H,29,30)/t19-/m0/s1. The van der Waals surface area contributed by atoms with Crippen molar-refractivity contribution in [2.24, 2.45) is 5.92 Å². The summed E-state index contributed by atoms with van der Waals surface area (Å²) >= 11 is 1.29. The lowest BCUT2D eigenvalue weighted by atomic mass is 9.89. The molecular formula is C25H30O5S. The third-order valence-electron chi connectivity index (χ3n) is 5.85. The minimum absolute atomic E-state index is 0.00395. The van der Waals surface area contributed by atoms with E-state index in [1.54, 1.807) is 6.07 Å². The van der Waals surface area contributed by atoms with E-state index in [1.807, 2.05) is 18.2 Å². The van der Waals surface area contributed by atoms with Crippen molar-refractivity contribution in [3.8, 4) is 0 Å². The number of carboxylic acid groups (broad SMARTS) is 1. The molecule has 1 heterocycles. The molecule has 166 valence electrons. The lowest BCUT2D eigenvalue weighted by Crippen LogP contribution is -2.02. The Morgan fingerprint density at radius 2 is 1.71 bits per heavy atom. The molecule has 1 aliphatic rings. The van der Waals surface area contributed by atoms with Crippen LogP contribution >= 0.6 is 11.3 Å². The number of benzene rings is 1. The molecule has 0 amide bonds. The molecule has 0 saturated heterocycles. The molecule has 0 unspecified atom stereocenters. The Bertz CT molecular complexity index is 926. The van der Waals surface area contributed by atoms with E-state index in [0.29, 0.717) is 11.3 Å². The Labute approximate surface area is 187 Å². The number of unbranched alkanes of at least 4 members (excludes halogenated alkanes) is 3. The smallest absolute Gasteiger partial charge is 0.345 e. The van der Waals surface area contributed by atoms with Crippen LogP contribution in [0.3, 0.4) is 0 Å². The summed E-state index contributed by atoms with van der Waals surface area (Å²) in [5.74, 6) is -1.21. The van der Waals surface area contributed by atoms with Crippen LogP contribution in [0.25, 0.3) is 5.57 Å². The van der Waals surface area contributed by atoms with E-state index < -0.39 is 5.97 Å². The predicted molar refractivity (Wildman–Crippen MR) is 123 cm³/mol. The Hall–Kier alpha value is -2.44. The molecule has 3 N–H and O–H groups in total. The van der Waals surface area contributed by atoms with Gasteiger partial charge in [-0.1, -0.05) is 37.1 Å². The number of Topliss-reactive ketones (excluding diaryl/α,β-unsaturated/α-hetero) is 1. The molecule has 0 radical (unpaired) electrons. The average molecular weight is 443 g/mol. The normalized spacial score (nSPS) is 16.3. The first kappa shape index (κ1) is 23.2. The monoisotopic (exact) mass is 442 g/mol. The number of hydrogen-bond donors (Lipinski definition) is 3. The highest BCUT2D eigenvalue weighted by molar-refractivity contribution is 7.13. The average Bonchev–Trinajstić information content (AvgIpc) is 3.34. The van der Waals surface area contributed by atoms with Crippen LogP contribution in [-0.2, 0) is 17.6 Å². The van der Waals surface area contributed by atoms with E-state index in [1.165, 1.54) is 16.9 Å². The van der Waals surface area contributed by atoms with Crippen LogP contribution in [0.15, 0.2) is 42.2 Å². The second-order valence-corrected chi connectivity index (χ2v) is 9.30. The second-order valence-electron chi connectivity index (χ2n) is 8.13. The van der Waals surface area contributed by atoms with Gasteiger partial charge in [0.05, 0.1) is 0 Å². The Morgan fingerprint density at radius 3 is 2.39 bits per heavy atom. The first-order valence-corrected chi connectivity index (χ1v) is 11.8. The summed E-state index contributed by atoms with van der Waals surface area (Å²) in [6.45, 7) is 0.254. The Kier molecular flexibility index (Phi) is 8.43. The zero-order valence-corrected chi connectivity index (χ0v) is 18.5. The number of ketones is 1. The number of hydrogen-bond acceptors (Lipinski definition) is 5. The molecule has 1 aromatic carbocycles. The van der Waals surface area contributed by atoms with E-state index in [0.717, 1.165) is 67.4 Å². The maximum absolute atomic E-state index is 12.2. The fourth-order valence-corrected chi connectivity index (χ4v) is 5.07. The van der Waals surface area contributed by atoms with E-state index in [4.69, 9.17) is 10.2 Å². The molecule has 1 aliphatic carbocycles. The molecule has 0 fully saturated rings. The van der Waals surface area contributed by atoms with Gasteiger partial charge in [0.2, 0.25) is 0 Å². The van der Waals surface area contributed by atoms with Crippen LogP contribution in [0.2, 0.25) is 0 Å². The fraction of sp³-hybridized carbons (Fsp3) is 0.440. The number of aromatic carboxylic acids is 1. The number of rotatable bonds is 12. The maximum atomic E-state index is 12.2. The molecule has 31 heavy (non-hydrogen) atoms. The predicted octanol–water partition coefficient (Wildman–Crippen LogP) is 5.42. The van der Waals surface area contributed by atoms with Gasteiger partial charge in [0.25, 0.3) is 0 Å². The SMILES string of the molecule is O=C1C[C@H](CCCc2ccc(C(=O)O)s2)C(c2ccc(CCCCCCO)cc2)=C1O. The van der Waals surface area contributed by atoms with Crippen LogP contribution in [0.5, 0.6) is 0 Å². The molecule has 0 bridgehead atoms. The second kappa shape index (κ2) is 11.3. The number of carboxylic acids is 1. The van der Waals surface area contributed by atoms with Crippen LogP contribution in [0.4, 0.5) is 0 Å². The summed E-state index contributed by atoms with van der Waals surface area (Å²) in [6.07, 6.45) is 7.78.